The molecule has 7 nitrogen and oxygen atoms in total. The molecule has 0 amide bonds. The van der Waals surface area contributed by atoms with E-state index in [1.807, 2.05) is 6.92 Å². The van der Waals surface area contributed by atoms with Crippen molar-refractivity contribution in [3.8, 4) is 0 Å². The molecule has 2 atom stereocenters. The number of nitro groups is 1. The normalized spacial score (nSPS) is 24.7. The summed E-state index contributed by atoms with van der Waals surface area (Å²) in [7, 11) is 0. The highest BCUT2D eigenvalue weighted by Crippen LogP contribution is 2.42. The van der Waals surface area contributed by atoms with Crippen LogP contribution < -0.4 is 10.2 Å². The van der Waals surface area contributed by atoms with Gasteiger partial charge in [0.15, 0.2) is 0 Å². The van der Waals surface area contributed by atoms with Crippen molar-refractivity contribution < 1.29 is 4.92 Å². The molecule has 0 spiro atoms. The van der Waals surface area contributed by atoms with Crippen molar-refractivity contribution in [2.24, 2.45) is 5.92 Å². The summed E-state index contributed by atoms with van der Waals surface area (Å²) in [6.45, 7) is 3.35. The number of hydrogen-bond acceptors (Lipinski definition) is 6. The fourth-order valence-electron chi connectivity index (χ4n) is 3.76. The first-order valence-corrected chi connectivity index (χ1v) is 7.72. The topological polar surface area (TPSA) is 84.2 Å². The van der Waals surface area contributed by atoms with Gasteiger partial charge in [-0.3, -0.25) is 10.1 Å². The van der Waals surface area contributed by atoms with Crippen LogP contribution in [-0.2, 0) is 0 Å². The van der Waals surface area contributed by atoms with Crippen LogP contribution in [0.15, 0.2) is 6.33 Å². The average molecular weight is 291 g/mol. The highest BCUT2D eigenvalue weighted by molar-refractivity contribution is 5.70. The zero-order valence-corrected chi connectivity index (χ0v) is 12.3. The van der Waals surface area contributed by atoms with Gasteiger partial charge in [-0.15, -0.1) is 0 Å². The van der Waals surface area contributed by atoms with Crippen molar-refractivity contribution in [3.05, 3.63) is 16.4 Å². The maximum atomic E-state index is 11.5. The van der Waals surface area contributed by atoms with Crippen LogP contribution >= 0.6 is 0 Å². The Bertz CT molecular complexity index is 536. The zero-order chi connectivity index (χ0) is 14.8. The molecule has 1 saturated heterocycles. The first kappa shape index (κ1) is 14.0. The lowest BCUT2D eigenvalue weighted by atomic mass is 9.92. The summed E-state index contributed by atoms with van der Waals surface area (Å²) < 4.78 is 0. The molecule has 0 bridgehead atoms. The maximum Gasteiger partial charge on any atom is 0.353 e. The standard InChI is InChI=1S/C14H21N5O2/c1-2-15-13-12(19(20)21)14(17-9-16-13)18-8-4-6-10-5-3-7-11(10)18/h9-11H,2-8H2,1H3,(H,15,16,17). The molecule has 1 aromatic heterocycles. The highest BCUT2D eigenvalue weighted by atomic mass is 16.6. The van der Waals surface area contributed by atoms with E-state index in [9.17, 15) is 10.1 Å². The van der Waals surface area contributed by atoms with E-state index in [0.717, 1.165) is 19.4 Å². The summed E-state index contributed by atoms with van der Waals surface area (Å²) in [6, 6.07) is 0.404. The fraction of sp³-hybridized carbons (Fsp3) is 0.714. The maximum absolute atomic E-state index is 11.5. The minimum absolute atomic E-state index is 0.0203. The molecule has 7 heteroatoms. The van der Waals surface area contributed by atoms with Gasteiger partial charge in [-0.25, -0.2) is 9.97 Å². The minimum Gasteiger partial charge on any atom is -0.364 e. The van der Waals surface area contributed by atoms with E-state index < -0.39 is 0 Å². The predicted octanol–water partition coefficient (Wildman–Crippen LogP) is 2.59. The molecule has 1 N–H and O–H groups in total. The van der Waals surface area contributed by atoms with Gasteiger partial charge in [-0.05, 0) is 38.5 Å². The Morgan fingerprint density at radius 1 is 1.38 bits per heavy atom. The van der Waals surface area contributed by atoms with E-state index in [2.05, 4.69) is 20.2 Å². The summed E-state index contributed by atoms with van der Waals surface area (Å²) in [6.07, 6.45) is 7.31. The smallest absolute Gasteiger partial charge is 0.353 e. The third-order valence-corrected chi connectivity index (χ3v) is 4.60. The molecular weight excluding hydrogens is 270 g/mol. The fourth-order valence-corrected chi connectivity index (χ4v) is 3.76. The number of rotatable bonds is 4. The van der Waals surface area contributed by atoms with Gasteiger partial charge in [0.05, 0.1) is 4.92 Å². The van der Waals surface area contributed by atoms with Crippen molar-refractivity contribution in [1.82, 2.24) is 9.97 Å². The van der Waals surface area contributed by atoms with Gasteiger partial charge >= 0.3 is 5.69 Å². The molecule has 1 saturated carbocycles. The second-order valence-corrected chi connectivity index (χ2v) is 5.78. The monoisotopic (exact) mass is 291 g/mol. The summed E-state index contributed by atoms with van der Waals surface area (Å²) in [5, 5.41) is 14.5. The van der Waals surface area contributed by atoms with Crippen LogP contribution in [0.1, 0.15) is 39.0 Å². The van der Waals surface area contributed by atoms with Crippen LogP contribution in [-0.4, -0.2) is 34.0 Å². The lowest BCUT2D eigenvalue weighted by molar-refractivity contribution is -0.383. The van der Waals surface area contributed by atoms with Crippen molar-refractivity contribution >= 4 is 17.3 Å². The number of aromatic nitrogens is 2. The van der Waals surface area contributed by atoms with Gasteiger partial charge in [0.2, 0.25) is 11.6 Å². The van der Waals surface area contributed by atoms with E-state index in [0.29, 0.717) is 30.1 Å². The summed E-state index contributed by atoms with van der Waals surface area (Å²) in [5.41, 5.74) is 0.0203. The van der Waals surface area contributed by atoms with Crippen LogP contribution in [0.5, 0.6) is 0 Å². The van der Waals surface area contributed by atoms with E-state index in [-0.39, 0.29) is 10.6 Å². The van der Waals surface area contributed by atoms with E-state index in [4.69, 9.17) is 0 Å². The third-order valence-electron chi connectivity index (χ3n) is 4.60. The molecule has 1 aliphatic carbocycles. The SMILES string of the molecule is CCNc1ncnc(N2CCCC3CCCC32)c1[N+](=O)[O-]. The Morgan fingerprint density at radius 3 is 2.95 bits per heavy atom. The summed E-state index contributed by atoms with van der Waals surface area (Å²) >= 11 is 0. The molecule has 0 radical (unpaired) electrons. The molecule has 1 aliphatic heterocycles. The molecule has 3 rings (SSSR count). The summed E-state index contributed by atoms with van der Waals surface area (Å²) in [5.74, 6) is 1.48. The van der Waals surface area contributed by atoms with Crippen LogP contribution in [0.3, 0.4) is 0 Å². The van der Waals surface area contributed by atoms with Crippen molar-refractivity contribution in [3.63, 3.8) is 0 Å². The molecule has 2 fully saturated rings. The lowest BCUT2D eigenvalue weighted by Crippen LogP contribution is -2.43. The first-order chi connectivity index (χ1) is 10.2. The highest BCUT2D eigenvalue weighted by Gasteiger charge is 2.39. The Hall–Kier alpha value is -1.92. The number of fused-ring (bicyclic) bond motifs is 1. The number of piperidine rings is 1. The number of nitrogens with zero attached hydrogens (tertiary/aromatic N) is 4. The van der Waals surface area contributed by atoms with Crippen LogP contribution in [0.25, 0.3) is 0 Å². The number of nitrogens with one attached hydrogen (secondary N) is 1. The lowest BCUT2D eigenvalue weighted by Gasteiger charge is -2.38. The summed E-state index contributed by atoms with van der Waals surface area (Å²) in [4.78, 5) is 21.6. The molecule has 114 valence electrons. The van der Waals surface area contributed by atoms with Crippen LogP contribution in [0.2, 0.25) is 0 Å². The second-order valence-electron chi connectivity index (χ2n) is 5.78. The molecule has 2 aliphatic rings. The van der Waals surface area contributed by atoms with E-state index in [1.54, 1.807) is 0 Å². The van der Waals surface area contributed by atoms with Crippen molar-refractivity contribution in [2.75, 3.05) is 23.3 Å². The Balaban J connectivity index is 2.00. The quantitative estimate of drug-likeness (QED) is 0.678. The van der Waals surface area contributed by atoms with E-state index >= 15 is 0 Å². The van der Waals surface area contributed by atoms with Gasteiger partial charge in [0.1, 0.15) is 6.33 Å². The Labute approximate surface area is 123 Å². The van der Waals surface area contributed by atoms with Gasteiger partial charge in [0, 0.05) is 19.1 Å². The van der Waals surface area contributed by atoms with Crippen LogP contribution in [0, 0.1) is 16.0 Å². The number of anilines is 2. The van der Waals surface area contributed by atoms with Gasteiger partial charge in [-0.1, -0.05) is 6.42 Å². The van der Waals surface area contributed by atoms with Crippen molar-refractivity contribution in [1.29, 1.82) is 0 Å². The van der Waals surface area contributed by atoms with E-state index in [1.165, 1.54) is 25.6 Å². The van der Waals surface area contributed by atoms with Crippen molar-refractivity contribution in [2.45, 2.75) is 45.1 Å². The molecule has 2 unspecified atom stereocenters. The largest absolute Gasteiger partial charge is 0.364 e. The molecule has 0 aromatic carbocycles. The van der Waals surface area contributed by atoms with Gasteiger partial charge in [-0.2, -0.15) is 0 Å². The predicted molar refractivity (Wildman–Crippen MR) is 80.6 cm³/mol. The minimum atomic E-state index is -0.355. The van der Waals surface area contributed by atoms with Crippen LogP contribution in [0.4, 0.5) is 17.3 Å². The first-order valence-electron chi connectivity index (χ1n) is 7.72. The van der Waals surface area contributed by atoms with Gasteiger partial charge in [0.25, 0.3) is 0 Å². The zero-order valence-electron chi connectivity index (χ0n) is 12.3. The molecule has 2 heterocycles. The second kappa shape index (κ2) is 5.83. The number of hydrogen-bond donors (Lipinski definition) is 1. The molecule has 1 aromatic rings. The Morgan fingerprint density at radius 2 is 2.19 bits per heavy atom. The average Bonchev–Trinajstić information content (AvgIpc) is 2.95. The van der Waals surface area contributed by atoms with Gasteiger partial charge < -0.3 is 10.2 Å². The molecule has 21 heavy (non-hydrogen) atoms. The Kier molecular flexibility index (Phi) is 3.90. The third kappa shape index (κ3) is 2.52. The molecular formula is C14H21N5O2.